The molecule has 10 aromatic rings. The Kier molecular flexibility index (Phi) is 10.2. The minimum absolute atomic E-state index is 0.906. The smallest absolute Gasteiger partial charge is 0.143 e. The number of nitrogens with zero attached hydrogens (tertiary/aromatic N) is 1. The Balaban J connectivity index is 0.00000215. The highest BCUT2D eigenvalue weighted by atomic mass is 16.3. The van der Waals surface area contributed by atoms with Crippen molar-refractivity contribution in [1.29, 1.82) is 0 Å². The molecule has 9 aromatic carbocycles. The summed E-state index contributed by atoms with van der Waals surface area (Å²) in [6.07, 6.45) is 0. The van der Waals surface area contributed by atoms with Gasteiger partial charge in [-0.3, -0.25) is 0 Å². The largest absolute Gasteiger partial charge is 0.455 e. The Hall–Kier alpha value is -7.42. The molecule has 2 nitrogen and oxygen atoms in total. The van der Waals surface area contributed by atoms with E-state index in [4.69, 9.17) is 4.42 Å². The van der Waals surface area contributed by atoms with Gasteiger partial charge in [-0.25, -0.2) is 0 Å². The molecule has 0 unspecified atom stereocenters. The van der Waals surface area contributed by atoms with Gasteiger partial charge < -0.3 is 9.32 Å². The van der Waals surface area contributed by atoms with E-state index in [1.807, 2.05) is 26.0 Å². The highest BCUT2D eigenvalue weighted by molar-refractivity contribution is 6.09. The van der Waals surface area contributed by atoms with Crippen LogP contribution in [0.25, 0.3) is 77.6 Å². The van der Waals surface area contributed by atoms with Gasteiger partial charge in [0.15, 0.2) is 0 Å². The van der Waals surface area contributed by atoms with Crippen molar-refractivity contribution in [2.75, 3.05) is 4.90 Å². The fourth-order valence-electron chi connectivity index (χ4n) is 7.84. The van der Waals surface area contributed by atoms with Gasteiger partial charge in [-0.1, -0.05) is 184 Å². The summed E-state index contributed by atoms with van der Waals surface area (Å²) in [6.45, 7) is 4.00. The second-order valence-electron chi connectivity index (χ2n) is 14.2. The van der Waals surface area contributed by atoms with E-state index >= 15 is 0 Å². The molecular weight excluding hydrogens is 703 g/mol. The SMILES string of the molecule is CC.c1ccc(-c2cccc(-c3ccc(N(c4ccc(-c5cccc(-c6ccccc6)c5)cc4)c4ccc(-c5cccc6c5oc5ccccc56)cc4)cc3)c2)cc1. The Labute approximate surface area is 340 Å². The second kappa shape index (κ2) is 16.4. The summed E-state index contributed by atoms with van der Waals surface area (Å²) in [5.74, 6) is 0. The van der Waals surface area contributed by atoms with Gasteiger partial charge in [0.25, 0.3) is 0 Å². The lowest BCUT2D eigenvalue weighted by Crippen LogP contribution is -2.09. The minimum Gasteiger partial charge on any atom is -0.455 e. The lowest BCUT2D eigenvalue weighted by atomic mass is 9.98. The van der Waals surface area contributed by atoms with E-state index in [0.29, 0.717) is 0 Å². The fourth-order valence-corrected chi connectivity index (χ4v) is 7.84. The third-order valence-electron chi connectivity index (χ3n) is 10.7. The molecule has 1 aromatic heterocycles. The van der Waals surface area contributed by atoms with Crippen molar-refractivity contribution in [1.82, 2.24) is 0 Å². The monoisotopic (exact) mass is 745 g/mol. The van der Waals surface area contributed by atoms with Crippen molar-refractivity contribution in [2.45, 2.75) is 13.8 Å². The third kappa shape index (κ3) is 7.20. The van der Waals surface area contributed by atoms with E-state index in [0.717, 1.165) is 50.1 Å². The molecule has 278 valence electrons. The molecule has 0 fully saturated rings. The highest BCUT2D eigenvalue weighted by Gasteiger charge is 2.16. The van der Waals surface area contributed by atoms with E-state index in [9.17, 15) is 0 Å². The van der Waals surface area contributed by atoms with Crippen molar-refractivity contribution in [3.63, 3.8) is 0 Å². The van der Waals surface area contributed by atoms with Gasteiger partial charge in [-0.2, -0.15) is 0 Å². The van der Waals surface area contributed by atoms with Crippen molar-refractivity contribution < 1.29 is 4.42 Å². The zero-order valence-corrected chi connectivity index (χ0v) is 32.7. The van der Waals surface area contributed by atoms with Crippen LogP contribution in [-0.4, -0.2) is 0 Å². The molecule has 0 saturated carbocycles. The first-order valence-corrected chi connectivity index (χ1v) is 20.1. The molecule has 2 heteroatoms. The molecule has 0 bridgehead atoms. The van der Waals surface area contributed by atoms with Crippen molar-refractivity contribution >= 4 is 39.0 Å². The van der Waals surface area contributed by atoms with E-state index in [1.165, 1.54) is 44.5 Å². The summed E-state index contributed by atoms with van der Waals surface area (Å²) in [7, 11) is 0. The summed E-state index contributed by atoms with van der Waals surface area (Å²) in [5, 5.41) is 2.27. The summed E-state index contributed by atoms with van der Waals surface area (Å²) in [4.78, 5) is 2.33. The Morgan fingerprint density at radius 1 is 0.293 bits per heavy atom. The van der Waals surface area contributed by atoms with Gasteiger partial charge in [0.2, 0.25) is 0 Å². The zero-order valence-electron chi connectivity index (χ0n) is 32.7. The van der Waals surface area contributed by atoms with Gasteiger partial charge in [0.1, 0.15) is 11.2 Å². The van der Waals surface area contributed by atoms with E-state index in [2.05, 4.69) is 217 Å². The first-order chi connectivity index (χ1) is 28.7. The van der Waals surface area contributed by atoms with Crippen LogP contribution >= 0.6 is 0 Å². The van der Waals surface area contributed by atoms with Crippen LogP contribution in [0.15, 0.2) is 229 Å². The predicted molar refractivity (Wildman–Crippen MR) is 247 cm³/mol. The molecule has 0 N–H and O–H groups in total. The van der Waals surface area contributed by atoms with Crippen molar-refractivity contribution in [3.8, 4) is 55.6 Å². The minimum atomic E-state index is 0.906. The van der Waals surface area contributed by atoms with Gasteiger partial charge >= 0.3 is 0 Å². The van der Waals surface area contributed by atoms with Crippen LogP contribution in [0, 0.1) is 0 Å². The Morgan fingerprint density at radius 2 is 0.655 bits per heavy atom. The summed E-state index contributed by atoms with van der Waals surface area (Å²) >= 11 is 0. The molecule has 0 amide bonds. The van der Waals surface area contributed by atoms with Crippen LogP contribution < -0.4 is 4.90 Å². The molecular formula is C56H43NO. The van der Waals surface area contributed by atoms with Crippen LogP contribution in [0.5, 0.6) is 0 Å². The molecule has 0 aliphatic carbocycles. The Bertz CT molecular complexity index is 2800. The average molecular weight is 746 g/mol. The summed E-state index contributed by atoms with van der Waals surface area (Å²) in [5.41, 5.74) is 16.8. The number of rotatable bonds is 8. The number of hydrogen-bond donors (Lipinski definition) is 0. The topological polar surface area (TPSA) is 16.4 Å². The molecule has 58 heavy (non-hydrogen) atoms. The number of furan rings is 1. The average Bonchev–Trinajstić information content (AvgIpc) is 3.70. The molecule has 0 aliphatic rings. The van der Waals surface area contributed by atoms with Crippen LogP contribution in [0.3, 0.4) is 0 Å². The maximum Gasteiger partial charge on any atom is 0.143 e. The number of hydrogen-bond acceptors (Lipinski definition) is 2. The molecule has 0 aliphatic heterocycles. The van der Waals surface area contributed by atoms with E-state index < -0.39 is 0 Å². The summed E-state index contributed by atoms with van der Waals surface area (Å²) < 4.78 is 6.40. The first-order valence-electron chi connectivity index (χ1n) is 20.1. The Morgan fingerprint density at radius 3 is 1.14 bits per heavy atom. The maximum atomic E-state index is 6.40. The quantitative estimate of drug-likeness (QED) is 0.154. The molecule has 0 saturated heterocycles. The summed E-state index contributed by atoms with van der Waals surface area (Å²) in [6, 6.07) is 80.0. The lowest BCUT2D eigenvalue weighted by Gasteiger charge is -2.26. The molecule has 0 radical (unpaired) electrons. The van der Waals surface area contributed by atoms with Crippen molar-refractivity contribution in [3.05, 3.63) is 224 Å². The third-order valence-corrected chi connectivity index (χ3v) is 10.7. The lowest BCUT2D eigenvalue weighted by molar-refractivity contribution is 0.670. The predicted octanol–water partition coefficient (Wildman–Crippen LogP) is 16.4. The number of benzene rings is 9. The standard InChI is InChI=1S/C54H37NO.C2H6/c1-3-12-38(13-4-1)43-16-9-18-45(36-43)40-24-30-47(31-25-40)55(48-32-26-41(27-33-48)46-19-10-17-44(37-46)39-14-5-2-6-15-39)49-34-28-42(29-35-49)50-21-11-22-52-51-20-7-8-23-53(51)56-54(50)52;1-2/h1-37H;1-2H3. The second-order valence-corrected chi connectivity index (χ2v) is 14.2. The van der Waals surface area contributed by atoms with Crippen LogP contribution in [0.2, 0.25) is 0 Å². The van der Waals surface area contributed by atoms with Gasteiger partial charge in [-0.15, -0.1) is 0 Å². The van der Waals surface area contributed by atoms with Gasteiger partial charge in [-0.05, 0) is 105 Å². The number of fused-ring (bicyclic) bond motifs is 3. The molecule has 1 heterocycles. The van der Waals surface area contributed by atoms with Crippen LogP contribution in [0.4, 0.5) is 17.1 Å². The molecule has 0 atom stereocenters. The molecule has 10 rings (SSSR count). The normalized spacial score (nSPS) is 10.9. The zero-order chi connectivity index (χ0) is 39.3. The van der Waals surface area contributed by atoms with Crippen LogP contribution in [0.1, 0.15) is 13.8 Å². The van der Waals surface area contributed by atoms with E-state index in [1.54, 1.807) is 0 Å². The first kappa shape index (κ1) is 36.2. The van der Waals surface area contributed by atoms with Gasteiger partial charge in [0, 0.05) is 33.4 Å². The van der Waals surface area contributed by atoms with Gasteiger partial charge in [0.05, 0.1) is 0 Å². The molecule has 0 spiro atoms. The van der Waals surface area contributed by atoms with Crippen molar-refractivity contribution in [2.24, 2.45) is 0 Å². The number of anilines is 3. The number of para-hydroxylation sites is 2. The maximum absolute atomic E-state index is 6.40. The van der Waals surface area contributed by atoms with Crippen LogP contribution in [-0.2, 0) is 0 Å². The fraction of sp³-hybridized carbons (Fsp3) is 0.0357. The van der Waals surface area contributed by atoms with E-state index in [-0.39, 0.29) is 0 Å². The highest BCUT2D eigenvalue weighted by Crippen LogP contribution is 2.40.